The number of carbonyl (C=O) groups excluding carboxylic acids is 1. The van der Waals surface area contributed by atoms with Crippen molar-refractivity contribution < 1.29 is 14.1 Å². The van der Waals surface area contributed by atoms with Gasteiger partial charge in [-0.05, 0) is 6.07 Å². The average Bonchev–Trinajstić information content (AvgIpc) is 3.19. The summed E-state index contributed by atoms with van der Waals surface area (Å²) < 4.78 is 6.03. The van der Waals surface area contributed by atoms with Crippen LogP contribution in [0.2, 0.25) is 0 Å². The maximum absolute atomic E-state index is 12.2. The number of primary amides is 1. The molecule has 0 saturated carbocycles. The van der Waals surface area contributed by atoms with Gasteiger partial charge in [0.15, 0.2) is 0 Å². The third-order valence-corrected chi connectivity index (χ3v) is 4.14. The Bertz CT molecular complexity index is 973. The zero-order valence-corrected chi connectivity index (χ0v) is 12.9. The molecule has 0 radical (unpaired) electrons. The van der Waals surface area contributed by atoms with Crippen LogP contribution in [0.15, 0.2) is 45.4 Å². The van der Waals surface area contributed by atoms with Gasteiger partial charge in [-0.2, -0.15) is 0 Å². The largest absolute Gasteiger partial charge is 0.472 e. The van der Waals surface area contributed by atoms with Gasteiger partial charge in [-0.1, -0.05) is 0 Å². The number of furan rings is 1. The number of thiazole rings is 1. The van der Waals surface area contributed by atoms with E-state index in [0.717, 1.165) is 22.4 Å². The molecule has 0 aliphatic heterocycles. The number of carbonyl (C=O) groups is 1. The van der Waals surface area contributed by atoms with Crippen molar-refractivity contribution >= 4 is 22.9 Å². The SMILES string of the molecule is NC(=O)c1cc([N+](=O)[O-])cn(Cc2csc(-c3ccoc3)n2)c1=O. The van der Waals surface area contributed by atoms with Crippen molar-refractivity contribution in [2.24, 2.45) is 5.73 Å². The molecule has 0 atom stereocenters. The number of nitro groups is 1. The van der Waals surface area contributed by atoms with E-state index < -0.39 is 27.6 Å². The van der Waals surface area contributed by atoms with Crippen LogP contribution in [0.25, 0.3) is 10.6 Å². The molecule has 0 unspecified atom stereocenters. The fourth-order valence-electron chi connectivity index (χ4n) is 2.09. The number of rotatable bonds is 5. The summed E-state index contributed by atoms with van der Waals surface area (Å²) in [6, 6.07) is 2.62. The second-order valence-electron chi connectivity index (χ2n) is 4.82. The van der Waals surface area contributed by atoms with Gasteiger partial charge in [-0.3, -0.25) is 19.7 Å². The Hall–Kier alpha value is -3.27. The van der Waals surface area contributed by atoms with E-state index in [0.29, 0.717) is 10.7 Å². The highest BCUT2D eigenvalue weighted by Crippen LogP contribution is 2.24. The number of aromatic nitrogens is 2. The molecule has 0 spiro atoms. The molecular weight excluding hydrogens is 336 g/mol. The standard InChI is InChI=1S/C14H10N4O5S/c15-12(19)11-3-10(18(21)22)5-17(14(11)20)4-9-7-24-13(16-9)8-1-2-23-6-8/h1-3,5-7H,4H2,(H2,15,19). The fraction of sp³-hybridized carbons (Fsp3) is 0.0714. The molecule has 3 heterocycles. The van der Waals surface area contributed by atoms with Crippen molar-refractivity contribution in [3.63, 3.8) is 0 Å². The smallest absolute Gasteiger partial charge is 0.286 e. The van der Waals surface area contributed by atoms with Crippen LogP contribution in [-0.4, -0.2) is 20.4 Å². The predicted octanol–water partition coefficient (Wildman–Crippen LogP) is 1.62. The van der Waals surface area contributed by atoms with Gasteiger partial charge >= 0.3 is 0 Å². The summed E-state index contributed by atoms with van der Waals surface area (Å²) in [4.78, 5) is 38.2. The monoisotopic (exact) mass is 346 g/mol. The van der Waals surface area contributed by atoms with E-state index in [2.05, 4.69) is 4.98 Å². The van der Waals surface area contributed by atoms with E-state index in [9.17, 15) is 19.7 Å². The van der Waals surface area contributed by atoms with Crippen LogP contribution < -0.4 is 11.3 Å². The Morgan fingerprint density at radius 1 is 1.50 bits per heavy atom. The van der Waals surface area contributed by atoms with Crippen molar-refractivity contribution in [3.8, 4) is 10.6 Å². The number of nitrogens with zero attached hydrogens (tertiary/aromatic N) is 3. The third kappa shape index (κ3) is 2.94. The minimum atomic E-state index is -1.02. The topological polar surface area (TPSA) is 134 Å². The van der Waals surface area contributed by atoms with Crippen LogP contribution in [0.5, 0.6) is 0 Å². The van der Waals surface area contributed by atoms with E-state index in [4.69, 9.17) is 10.2 Å². The quantitative estimate of drug-likeness (QED) is 0.551. The van der Waals surface area contributed by atoms with Crippen molar-refractivity contribution in [1.29, 1.82) is 0 Å². The summed E-state index contributed by atoms with van der Waals surface area (Å²) in [7, 11) is 0. The Balaban J connectivity index is 1.99. The molecule has 0 aromatic carbocycles. The van der Waals surface area contributed by atoms with Crippen LogP contribution in [0.4, 0.5) is 5.69 Å². The lowest BCUT2D eigenvalue weighted by Crippen LogP contribution is -2.30. The lowest BCUT2D eigenvalue weighted by atomic mass is 10.2. The highest BCUT2D eigenvalue weighted by Gasteiger charge is 2.18. The van der Waals surface area contributed by atoms with Crippen molar-refractivity contribution in [1.82, 2.24) is 9.55 Å². The first-order valence-electron chi connectivity index (χ1n) is 6.61. The second kappa shape index (κ2) is 6.08. The maximum Gasteiger partial charge on any atom is 0.286 e. The van der Waals surface area contributed by atoms with Gasteiger partial charge in [-0.25, -0.2) is 4.98 Å². The molecule has 0 aliphatic rings. The summed E-state index contributed by atoms with van der Waals surface area (Å²) in [6.07, 6.45) is 4.11. The van der Waals surface area contributed by atoms with E-state index in [-0.39, 0.29) is 6.54 Å². The second-order valence-corrected chi connectivity index (χ2v) is 5.68. The summed E-state index contributed by atoms with van der Waals surface area (Å²) in [5.74, 6) is -1.02. The van der Waals surface area contributed by atoms with Gasteiger partial charge in [0.1, 0.15) is 16.8 Å². The highest BCUT2D eigenvalue weighted by molar-refractivity contribution is 7.13. The third-order valence-electron chi connectivity index (χ3n) is 3.20. The molecule has 0 fully saturated rings. The molecular formula is C14H10N4O5S. The molecule has 3 rings (SSSR count). The van der Waals surface area contributed by atoms with Gasteiger partial charge < -0.3 is 14.7 Å². The Labute approximate surface area is 138 Å². The first kappa shape index (κ1) is 15.6. The van der Waals surface area contributed by atoms with E-state index >= 15 is 0 Å². The lowest BCUT2D eigenvalue weighted by molar-refractivity contribution is -0.385. The van der Waals surface area contributed by atoms with Gasteiger partial charge in [0, 0.05) is 17.0 Å². The predicted molar refractivity (Wildman–Crippen MR) is 84.8 cm³/mol. The van der Waals surface area contributed by atoms with Crippen molar-refractivity contribution in [2.75, 3.05) is 0 Å². The summed E-state index contributed by atoms with van der Waals surface area (Å²) in [6.45, 7) is -0.0187. The Kier molecular flexibility index (Phi) is 3.96. The molecule has 2 N–H and O–H groups in total. The van der Waals surface area contributed by atoms with Gasteiger partial charge in [0.05, 0.1) is 29.6 Å². The Morgan fingerprint density at radius 3 is 2.92 bits per heavy atom. The zero-order chi connectivity index (χ0) is 17.3. The first-order chi connectivity index (χ1) is 11.5. The minimum absolute atomic E-state index is 0.0187. The number of pyridine rings is 1. The highest BCUT2D eigenvalue weighted by atomic mass is 32.1. The first-order valence-corrected chi connectivity index (χ1v) is 7.49. The molecule has 9 nitrogen and oxygen atoms in total. The molecule has 1 amide bonds. The summed E-state index contributed by atoms with van der Waals surface area (Å²) >= 11 is 1.34. The normalized spacial score (nSPS) is 10.7. The van der Waals surface area contributed by atoms with Crippen LogP contribution in [0, 0.1) is 10.1 Å². The number of amides is 1. The average molecular weight is 346 g/mol. The van der Waals surface area contributed by atoms with E-state index in [1.807, 2.05) is 0 Å². The number of hydrogen-bond acceptors (Lipinski definition) is 7. The number of nitrogens with two attached hydrogens (primary N) is 1. The molecule has 3 aromatic rings. The molecule has 10 heteroatoms. The lowest BCUT2D eigenvalue weighted by Gasteiger charge is -2.05. The Morgan fingerprint density at radius 2 is 2.29 bits per heavy atom. The van der Waals surface area contributed by atoms with Crippen molar-refractivity contribution in [3.05, 3.63) is 68.0 Å². The molecule has 0 bridgehead atoms. The van der Waals surface area contributed by atoms with E-state index in [1.54, 1.807) is 11.4 Å². The fourth-order valence-corrected chi connectivity index (χ4v) is 2.88. The molecule has 122 valence electrons. The van der Waals surface area contributed by atoms with Gasteiger partial charge in [0.2, 0.25) is 0 Å². The zero-order valence-electron chi connectivity index (χ0n) is 12.0. The van der Waals surface area contributed by atoms with Crippen LogP contribution >= 0.6 is 11.3 Å². The van der Waals surface area contributed by atoms with Crippen LogP contribution in [0.3, 0.4) is 0 Å². The number of hydrogen-bond donors (Lipinski definition) is 1. The van der Waals surface area contributed by atoms with Gasteiger partial charge in [0.25, 0.3) is 17.2 Å². The van der Waals surface area contributed by atoms with Crippen molar-refractivity contribution in [2.45, 2.75) is 6.54 Å². The van der Waals surface area contributed by atoms with Gasteiger partial charge in [-0.15, -0.1) is 11.3 Å². The minimum Gasteiger partial charge on any atom is -0.472 e. The molecule has 24 heavy (non-hydrogen) atoms. The van der Waals surface area contributed by atoms with Crippen LogP contribution in [0.1, 0.15) is 16.1 Å². The summed E-state index contributed by atoms with van der Waals surface area (Å²) in [5, 5.41) is 13.4. The molecule has 0 aliphatic carbocycles. The molecule has 3 aromatic heterocycles. The maximum atomic E-state index is 12.2. The molecule has 0 saturated heterocycles. The summed E-state index contributed by atoms with van der Waals surface area (Å²) in [5.41, 5.74) is 4.89. The van der Waals surface area contributed by atoms with Crippen LogP contribution in [-0.2, 0) is 6.54 Å². The van der Waals surface area contributed by atoms with E-state index in [1.165, 1.54) is 23.9 Å².